The lowest BCUT2D eigenvalue weighted by Crippen LogP contribution is -1.97. The van der Waals surface area contributed by atoms with E-state index in [1.54, 1.807) is 26.0 Å². The average molecular weight is 595 g/mol. The quantitative estimate of drug-likeness (QED) is 0.164. The zero-order valence-electron chi connectivity index (χ0n) is 25.2. The highest BCUT2D eigenvalue weighted by atomic mass is 35.5. The van der Waals surface area contributed by atoms with E-state index >= 15 is 0 Å². The van der Waals surface area contributed by atoms with Crippen molar-refractivity contribution in [3.05, 3.63) is 131 Å². The summed E-state index contributed by atoms with van der Waals surface area (Å²) in [4.78, 5) is 22.2. The Bertz CT molecular complexity index is 1510. The number of Topliss-reactive ketones (excluding diaryl/α,β-unsaturated/α-hetero) is 2. The van der Waals surface area contributed by atoms with Gasteiger partial charge in [-0.3, -0.25) is 0 Å². The minimum Gasteiger partial charge on any atom is -0.457 e. The van der Waals surface area contributed by atoms with Crippen LogP contribution in [-0.2, 0) is 9.59 Å². The SMILES string of the molecule is CC(=O)CC(C)/C=C/c1cccc(Oc2ccc(Cl)cc2)c1.CC(=O)CC(C)/C=C/c1cccc(Oc2ccccc2)c1. The van der Waals surface area contributed by atoms with Crippen LogP contribution in [-0.4, -0.2) is 11.6 Å². The largest absolute Gasteiger partial charge is 0.457 e. The Morgan fingerprint density at radius 2 is 1.02 bits per heavy atom. The van der Waals surface area contributed by atoms with Gasteiger partial charge in [-0.1, -0.05) is 92.2 Å². The maximum Gasteiger partial charge on any atom is 0.130 e. The van der Waals surface area contributed by atoms with Crippen molar-refractivity contribution >= 4 is 35.3 Å². The van der Waals surface area contributed by atoms with Gasteiger partial charge in [0.1, 0.15) is 34.6 Å². The molecule has 4 nitrogen and oxygen atoms in total. The van der Waals surface area contributed by atoms with Gasteiger partial charge in [0.05, 0.1) is 0 Å². The molecule has 2 atom stereocenters. The fourth-order valence-electron chi connectivity index (χ4n) is 4.22. The zero-order chi connectivity index (χ0) is 31.0. The van der Waals surface area contributed by atoms with Crippen LogP contribution in [0.25, 0.3) is 12.2 Å². The summed E-state index contributed by atoms with van der Waals surface area (Å²) < 4.78 is 11.6. The van der Waals surface area contributed by atoms with E-state index in [0.717, 1.165) is 34.1 Å². The topological polar surface area (TPSA) is 52.6 Å². The number of benzene rings is 4. The molecule has 0 radical (unpaired) electrons. The van der Waals surface area contributed by atoms with E-state index in [-0.39, 0.29) is 23.4 Å². The maximum absolute atomic E-state index is 11.1. The van der Waals surface area contributed by atoms with Crippen LogP contribution in [0.5, 0.6) is 23.0 Å². The second-order valence-electron chi connectivity index (χ2n) is 10.6. The number of allylic oxidation sites excluding steroid dienone is 2. The van der Waals surface area contributed by atoms with Crippen LogP contribution < -0.4 is 9.47 Å². The Kier molecular flexibility index (Phi) is 13.5. The summed E-state index contributed by atoms with van der Waals surface area (Å²) in [5.41, 5.74) is 2.11. The fourth-order valence-corrected chi connectivity index (χ4v) is 4.35. The normalized spacial score (nSPS) is 12.3. The van der Waals surface area contributed by atoms with Gasteiger partial charge >= 0.3 is 0 Å². The van der Waals surface area contributed by atoms with Gasteiger partial charge in [-0.05, 0) is 97.5 Å². The van der Waals surface area contributed by atoms with Gasteiger partial charge < -0.3 is 19.1 Å². The van der Waals surface area contributed by atoms with Crippen molar-refractivity contribution in [3.8, 4) is 23.0 Å². The average Bonchev–Trinajstić information content (AvgIpc) is 2.97. The van der Waals surface area contributed by atoms with Crippen LogP contribution in [0.2, 0.25) is 5.02 Å². The first-order chi connectivity index (χ1) is 20.7. The molecule has 222 valence electrons. The van der Waals surface area contributed by atoms with Crippen LogP contribution in [0.1, 0.15) is 51.7 Å². The number of hydrogen-bond acceptors (Lipinski definition) is 4. The summed E-state index contributed by atoms with van der Waals surface area (Å²) in [5, 5.41) is 0.684. The molecule has 2 unspecified atom stereocenters. The number of rotatable bonds is 12. The molecule has 0 aliphatic rings. The maximum atomic E-state index is 11.1. The van der Waals surface area contributed by atoms with Crippen molar-refractivity contribution in [2.24, 2.45) is 11.8 Å². The third-order valence-electron chi connectivity index (χ3n) is 6.20. The highest BCUT2D eigenvalue weighted by Gasteiger charge is 2.03. The molecule has 0 saturated heterocycles. The van der Waals surface area contributed by atoms with Crippen LogP contribution in [0.4, 0.5) is 0 Å². The molecule has 5 heteroatoms. The summed E-state index contributed by atoms with van der Waals surface area (Å²) in [6, 6.07) is 32.7. The second kappa shape index (κ2) is 17.5. The van der Waals surface area contributed by atoms with Crippen LogP contribution in [0.15, 0.2) is 115 Å². The fraction of sp³-hybridized carbons (Fsp3) is 0.211. The molecule has 0 saturated carbocycles. The highest BCUT2D eigenvalue weighted by Crippen LogP contribution is 2.25. The summed E-state index contributed by atoms with van der Waals surface area (Å²) in [6.07, 6.45) is 9.30. The van der Waals surface area contributed by atoms with Crippen molar-refractivity contribution in [2.75, 3.05) is 0 Å². The van der Waals surface area contributed by atoms with Crippen molar-refractivity contribution in [2.45, 2.75) is 40.5 Å². The second-order valence-corrected chi connectivity index (χ2v) is 11.0. The van der Waals surface area contributed by atoms with Gasteiger partial charge in [-0.2, -0.15) is 0 Å². The lowest BCUT2D eigenvalue weighted by Gasteiger charge is -2.07. The minimum atomic E-state index is 0.206. The molecule has 0 aromatic heterocycles. The highest BCUT2D eigenvalue weighted by molar-refractivity contribution is 6.30. The molecule has 4 rings (SSSR count). The predicted molar refractivity (Wildman–Crippen MR) is 178 cm³/mol. The first kappa shape index (κ1) is 33.1. The summed E-state index contributed by atoms with van der Waals surface area (Å²) in [7, 11) is 0. The Morgan fingerprint density at radius 1 is 0.605 bits per heavy atom. The molecule has 0 N–H and O–H groups in total. The van der Waals surface area contributed by atoms with Crippen LogP contribution in [0.3, 0.4) is 0 Å². The van der Waals surface area contributed by atoms with Crippen LogP contribution in [0, 0.1) is 11.8 Å². The summed E-state index contributed by atoms with van der Waals surface area (Å²) >= 11 is 5.86. The molecule has 0 fully saturated rings. The van der Waals surface area contributed by atoms with E-state index in [0.29, 0.717) is 17.9 Å². The molecule has 0 heterocycles. The Hall–Kier alpha value is -4.41. The van der Waals surface area contributed by atoms with Crippen LogP contribution >= 0.6 is 11.6 Å². The predicted octanol–water partition coefficient (Wildman–Crippen LogP) is 10.9. The van der Waals surface area contributed by atoms with E-state index in [1.807, 2.05) is 123 Å². The molecule has 0 amide bonds. The minimum absolute atomic E-state index is 0.206. The first-order valence-electron chi connectivity index (χ1n) is 14.4. The number of hydrogen-bond donors (Lipinski definition) is 0. The lowest BCUT2D eigenvalue weighted by molar-refractivity contribution is -0.118. The third kappa shape index (κ3) is 13.4. The van der Waals surface area contributed by atoms with E-state index < -0.39 is 0 Å². The molecule has 0 spiro atoms. The Labute approximate surface area is 260 Å². The van der Waals surface area contributed by atoms with E-state index in [2.05, 4.69) is 6.08 Å². The molecule has 0 bridgehead atoms. The molecular weight excluding hydrogens is 556 g/mol. The van der Waals surface area contributed by atoms with E-state index in [1.165, 1.54) is 0 Å². The number of para-hydroxylation sites is 1. The van der Waals surface area contributed by atoms with Crippen molar-refractivity contribution in [1.29, 1.82) is 0 Å². The van der Waals surface area contributed by atoms with Crippen molar-refractivity contribution in [1.82, 2.24) is 0 Å². The van der Waals surface area contributed by atoms with Crippen molar-refractivity contribution in [3.63, 3.8) is 0 Å². The molecule has 43 heavy (non-hydrogen) atoms. The molecular formula is C38H39ClO4. The number of halogens is 1. The van der Waals surface area contributed by atoms with Gasteiger partial charge in [-0.25, -0.2) is 0 Å². The summed E-state index contributed by atoms with van der Waals surface area (Å²) in [6.45, 7) is 7.32. The molecule has 4 aromatic carbocycles. The monoisotopic (exact) mass is 594 g/mol. The third-order valence-corrected chi connectivity index (χ3v) is 6.45. The molecule has 4 aromatic rings. The summed E-state index contributed by atoms with van der Waals surface area (Å²) in [5.74, 6) is 4.05. The van der Waals surface area contributed by atoms with Gasteiger partial charge in [-0.15, -0.1) is 0 Å². The zero-order valence-corrected chi connectivity index (χ0v) is 26.0. The molecule has 0 aliphatic carbocycles. The smallest absolute Gasteiger partial charge is 0.130 e. The number of ketones is 2. The lowest BCUT2D eigenvalue weighted by atomic mass is 10.0. The van der Waals surface area contributed by atoms with E-state index in [4.69, 9.17) is 21.1 Å². The number of ether oxygens (including phenoxy) is 2. The Morgan fingerprint density at radius 3 is 1.47 bits per heavy atom. The number of carbonyl (C=O) groups is 2. The first-order valence-corrected chi connectivity index (χ1v) is 14.8. The molecule has 0 aliphatic heterocycles. The van der Waals surface area contributed by atoms with Gasteiger partial charge in [0.15, 0.2) is 0 Å². The van der Waals surface area contributed by atoms with Gasteiger partial charge in [0.2, 0.25) is 0 Å². The number of carbonyl (C=O) groups excluding carboxylic acids is 2. The Balaban J connectivity index is 0.000000236. The van der Waals surface area contributed by atoms with E-state index in [9.17, 15) is 9.59 Å². The van der Waals surface area contributed by atoms with Gasteiger partial charge in [0, 0.05) is 17.9 Å². The standard InChI is InChI=1S/C19H19ClO2.C19H20O2/c1-14(12-15(2)21)6-7-16-4-3-5-19(13-16)22-18-10-8-17(20)9-11-18;1-15(13-16(2)20)11-12-17-7-6-10-19(14-17)21-18-8-4-3-5-9-18/h3-11,13-14H,12H2,1-2H3;3-12,14-15H,13H2,1-2H3/b7-6+;12-11+. The van der Waals surface area contributed by atoms with Gasteiger partial charge in [0.25, 0.3) is 0 Å². The van der Waals surface area contributed by atoms with Crippen molar-refractivity contribution < 1.29 is 19.1 Å².